The highest BCUT2D eigenvalue weighted by Crippen LogP contribution is 2.36. The van der Waals surface area contributed by atoms with Crippen molar-refractivity contribution in [1.82, 2.24) is 4.98 Å². The quantitative estimate of drug-likeness (QED) is 0.755. The van der Waals surface area contributed by atoms with Crippen molar-refractivity contribution in [3.05, 3.63) is 51.4 Å². The number of nitrogen functional groups attached to an aromatic ring is 1. The molecule has 0 aliphatic rings. The number of hydrogen-bond donors (Lipinski definition) is 1. The number of anilines is 1. The fourth-order valence-corrected chi connectivity index (χ4v) is 2.91. The minimum atomic E-state index is -1.000. The van der Waals surface area contributed by atoms with Crippen molar-refractivity contribution in [2.75, 3.05) is 5.73 Å². The minimum Gasteiger partial charge on any atom is -0.464 e. The molecule has 0 spiro atoms. The highest BCUT2D eigenvalue weighted by atomic mass is 35.5. The van der Waals surface area contributed by atoms with Gasteiger partial charge in [0.05, 0.1) is 5.69 Å². The molecule has 1 aromatic heterocycles. The number of benzene rings is 1. The Morgan fingerprint density at radius 3 is 2.58 bits per heavy atom. The van der Waals surface area contributed by atoms with Crippen LogP contribution in [0.3, 0.4) is 0 Å². The summed E-state index contributed by atoms with van der Waals surface area (Å²) in [5, 5.41) is -0.730. The minimum absolute atomic E-state index is 0.121. The summed E-state index contributed by atoms with van der Waals surface area (Å²) in [5.41, 5.74) is 7.56. The van der Waals surface area contributed by atoms with Gasteiger partial charge >= 0.3 is 0 Å². The number of halogens is 3. The van der Waals surface area contributed by atoms with Crippen molar-refractivity contribution >= 4 is 45.8 Å². The molecule has 8 heteroatoms. The Morgan fingerprint density at radius 2 is 1.96 bits per heavy atom. The number of ether oxygens (including phenoxy) is 1. The molecule has 0 aliphatic heterocycles. The van der Waals surface area contributed by atoms with E-state index >= 15 is 0 Å². The number of thioether (sulfide) groups is 1. The SMILES string of the molecule is Cc1ccc(CSC(=O)[C@@H](C)Oc2nc(F)c(Cl)c(N)c2Cl)cc1. The Balaban J connectivity index is 2.00. The second-order valence-corrected chi connectivity index (χ2v) is 6.84. The molecule has 0 fully saturated rings. The summed E-state index contributed by atoms with van der Waals surface area (Å²) in [6.45, 7) is 3.52. The lowest BCUT2D eigenvalue weighted by molar-refractivity contribution is -0.116. The first-order chi connectivity index (χ1) is 11.3. The average molecular weight is 389 g/mol. The second-order valence-electron chi connectivity index (χ2n) is 5.10. The predicted molar refractivity (Wildman–Crippen MR) is 96.2 cm³/mol. The maximum atomic E-state index is 13.5. The van der Waals surface area contributed by atoms with Gasteiger partial charge in [-0.05, 0) is 19.4 Å². The van der Waals surface area contributed by atoms with Crippen LogP contribution in [-0.2, 0) is 10.5 Å². The standard InChI is InChI=1S/C16H15Cl2FN2O2S/c1-8-3-5-10(6-4-8)7-24-16(22)9(2)23-15-12(18)13(20)11(17)14(19)21-15/h3-6,9H,7H2,1-2H3,(H2,20,21)/t9-/m1/s1. The first-order valence-electron chi connectivity index (χ1n) is 6.98. The maximum absolute atomic E-state index is 13.5. The van der Waals surface area contributed by atoms with E-state index in [1.165, 1.54) is 6.92 Å². The number of rotatable bonds is 5. The third-order valence-corrected chi connectivity index (χ3v) is 4.98. The van der Waals surface area contributed by atoms with Crippen molar-refractivity contribution in [2.45, 2.75) is 25.7 Å². The topological polar surface area (TPSA) is 65.2 Å². The molecule has 2 rings (SSSR count). The zero-order chi connectivity index (χ0) is 17.9. The van der Waals surface area contributed by atoms with Gasteiger partial charge in [0.15, 0.2) is 6.10 Å². The van der Waals surface area contributed by atoms with Crippen molar-refractivity contribution < 1.29 is 13.9 Å². The highest BCUT2D eigenvalue weighted by Gasteiger charge is 2.21. The molecule has 2 N–H and O–H groups in total. The summed E-state index contributed by atoms with van der Waals surface area (Å²) in [7, 11) is 0. The van der Waals surface area contributed by atoms with E-state index in [1.54, 1.807) is 0 Å². The van der Waals surface area contributed by atoms with Gasteiger partial charge in [-0.3, -0.25) is 4.79 Å². The lowest BCUT2D eigenvalue weighted by atomic mass is 10.2. The fourth-order valence-electron chi connectivity index (χ4n) is 1.76. The first-order valence-corrected chi connectivity index (χ1v) is 8.72. The molecule has 128 valence electrons. The number of hydrogen-bond acceptors (Lipinski definition) is 5. The fraction of sp³-hybridized carbons (Fsp3) is 0.250. The van der Waals surface area contributed by atoms with Gasteiger partial charge < -0.3 is 10.5 Å². The number of aromatic nitrogens is 1. The van der Waals surface area contributed by atoms with Crippen molar-refractivity contribution in [3.8, 4) is 5.88 Å². The normalized spacial score (nSPS) is 12.0. The van der Waals surface area contributed by atoms with Gasteiger partial charge in [-0.1, -0.05) is 64.8 Å². The molecule has 0 bridgehead atoms. The van der Waals surface area contributed by atoms with Crippen LogP contribution < -0.4 is 10.5 Å². The number of aryl methyl sites for hydroxylation is 1. The molecule has 0 saturated carbocycles. The van der Waals surface area contributed by atoms with Gasteiger partial charge in [-0.2, -0.15) is 9.37 Å². The van der Waals surface area contributed by atoms with Gasteiger partial charge in [0, 0.05) is 5.75 Å². The maximum Gasteiger partial charge on any atom is 0.238 e. The monoisotopic (exact) mass is 388 g/mol. The molecule has 2 aromatic rings. The van der Waals surface area contributed by atoms with Gasteiger partial charge in [-0.15, -0.1) is 0 Å². The molecule has 0 saturated heterocycles. The lowest BCUT2D eigenvalue weighted by Gasteiger charge is -2.15. The molecule has 1 aromatic carbocycles. The third kappa shape index (κ3) is 4.53. The van der Waals surface area contributed by atoms with Crippen LogP contribution in [0.5, 0.6) is 5.88 Å². The van der Waals surface area contributed by atoms with Crippen molar-refractivity contribution in [3.63, 3.8) is 0 Å². The summed E-state index contributed by atoms with van der Waals surface area (Å²) in [6.07, 6.45) is -0.870. The van der Waals surface area contributed by atoms with E-state index in [9.17, 15) is 9.18 Å². The number of nitrogens with zero attached hydrogens (tertiary/aromatic N) is 1. The Kier molecular flexibility index (Phi) is 6.32. The Hall–Kier alpha value is -1.50. The summed E-state index contributed by atoms with van der Waals surface area (Å²) in [6, 6.07) is 7.86. The van der Waals surface area contributed by atoms with Gasteiger partial charge in [-0.25, -0.2) is 0 Å². The average Bonchev–Trinajstić information content (AvgIpc) is 2.56. The van der Waals surface area contributed by atoms with Crippen LogP contribution in [0.2, 0.25) is 10.0 Å². The third-order valence-electron chi connectivity index (χ3n) is 3.16. The zero-order valence-electron chi connectivity index (χ0n) is 13.0. The van der Waals surface area contributed by atoms with E-state index in [0.29, 0.717) is 5.75 Å². The highest BCUT2D eigenvalue weighted by molar-refractivity contribution is 8.13. The van der Waals surface area contributed by atoms with Gasteiger partial charge in [0.2, 0.25) is 16.9 Å². The Labute approximate surface area is 153 Å². The summed E-state index contributed by atoms with van der Waals surface area (Å²) in [5.74, 6) is -0.751. The molecule has 0 unspecified atom stereocenters. The molecule has 1 atom stereocenters. The van der Waals surface area contributed by atoms with E-state index < -0.39 is 12.1 Å². The summed E-state index contributed by atoms with van der Waals surface area (Å²) >= 11 is 12.6. The first kappa shape index (κ1) is 18.8. The van der Waals surface area contributed by atoms with Crippen LogP contribution in [0.1, 0.15) is 18.1 Å². The van der Waals surface area contributed by atoms with Crippen LogP contribution in [-0.4, -0.2) is 16.2 Å². The summed E-state index contributed by atoms with van der Waals surface area (Å²) in [4.78, 5) is 15.6. The van der Waals surface area contributed by atoms with Gasteiger partial charge in [0.1, 0.15) is 10.0 Å². The number of carbonyl (C=O) groups is 1. The molecular formula is C16H15Cl2FN2O2S. The van der Waals surface area contributed by atoms with Crippen LogP contribution in [0.15, 0.2) is 24.3 Å². The van der Waals surface area contributed by atoms with Crippen LogP contribution in [0.25, 0.3) is 0 Å². The van der Waals surface area contributed by atoms with E-state index in [0.717, 1.165) is 22.9 Å². The Bertz CT molecular complexity index is 757. The van der Waals surface area contributed by atoms with Crippen molar-refractivity contribution in [2.24, 2.45) is 0 Å². The second kappa shape index (κ2) is 8.05. The lowest BCUT2D eigenvalue weighted by Crippen LogP contribution is -2.22. The van der Waals surface area contributed by atoms with E-state index in [4.69, 9.17) is 33.7 Å². The molecular weight excluding hydrogens is 374 g/mol. The predicted octanol–water partition coefficient (Wildman–Crippen LogP) is 4.65. The van der Waals surface area contributed by atoms with Crippen LogP contribution >= 0.6 is 35.0 Å². The largest absolute Gasteiger partial charge is 0.464 e. The van der Waals surface area contributed by atoms with E-state index in [1.807, 2.05) is 31.2 Å². The Morgan fingerprint density at radius 1 is 1.33 bits per heavy atom. The zero-order valence-corrected chi connectivity index (χ0v) is 15.3. The smallest absolute Gasteiger partial charge is 0.238 e. The molecule has 0 aliphatic carbocycles. The van der Waals surface area contributed by atoms with Crippen LogP contribution in [0.4, 0.5) is 10.1 Å². The number of nitrogens with two attached hydrogens (primary N) is 1. The summed E-state index contributed by atoms with van der Waals surface area (Å²) < 4.78 is 18.9. The van der Waals surface area contributed by atoms with Crippen molar-refractivity contribution in [1.29, 1.82) is 0 Å². The molecule has 0 amide bonds. The molecule has 24 heavy (non-hydrogen) atoms. The number of pyridine rings is 1. The molecule has 0 radical (unpaired) electrons. The number of carbonyl (C=O) groups excluding carboxylic acids is 1. The van der Waals surface area contributed by atoms with E-state index in [2.05, 4.69) is 4.98 Å². The molecule has 1 heterocycles. The molecule has 4 nitrogen and oxygen atoms in total. The van der Waals surface area contributed by atoms with Gasteiger partial charge in [0.25, 0.3) is 0 Å². The van der Waals surface area contributed by atoms with E-state index in [-0.39, 0.29) is 26.7 Å². The van der Waals surface area contributed by atoms with Crippen LogP contribution in [0, 0.1) is 12.9 Å².